The summed E-state index contributed by atoms with van der Waals surface area (Å²) in [5.74, 6) is 11.8. The fraction of sp³-hybridized carbons (Fsp3) is 1.00. The minimum absolute atomic E-state index is 1.15. The highest BCUT2D eigenvalue weighted by atomic mass is 14.5. The molecule has 0 amide bonds. The highest BCUT2D eigenvalue weighted by Gasteiger charge is 2.42. The summed E-state index contributed by atoms with van der Waals surface area (Å²) in [5, 5.41) is 0. The van der Waals surface area contributed by atoms with Gasteiger partial charge >= 0.3 is 0 Å². The van der Waals surface area contributed by atoms with Crippen LogP contribution >= 0.6 is 0 Å². The topological polar surface area (TPSA) is 0 Å². The van der Waals surface area contributed by atoms with E-state index >= 15 is 0 Å². The monoisotopic (exact) mass is 761 g/mol. The lowest BCUT2D eigenvalue weighted by Crippen LogP contribution is -2.38. The molecule has 0 aromatic rings. The first-order chi connectivity index (χ1) is 27.2. The Kier molecular flexibility index (Phi) is 21.8. The van der Waals surface area contributed by atoms with Gasteiger partial charge in [0.25, 0.3) is 0 Å². The van der Waals surface area contributed by atoms with E-state index in [9.17, 15) is 0 Å². The molecule has 17 aliphatic rings. The van der Waals surface area contributed by atoms with Crippen molar-refractivity contribution >= 4 is 0 Å². The summed E-state index contributed by atoms with van der Waals surface area (Å²) in [7, 11) is 0. The molecule has 0 radical (unpaired) electrons. The molecule has 0 N–H and O–H groups in total. The molecular weight excluding hydrogens is 661 g/mol. The van der Waals surface area contributed by atoms with E-state index < -0.39 is 0 Å². The van der Waals surface area contributed by atoms with E-state index in [1.165, 1.54) is 208 Å². The van der Waals surface area contributed by atoms with Crippen LogP contribution in [-0.2, 0) is 0 Å². The highest BCUT2D eigenvalue weighted by molar-refractivity contribution is 4.93. The molecule has 17 fully saturated rings. The van der Waals surface area contributed by atoms with Gasteiger partial charge in [-0.3, -0.25) is 0 Å². The lowest BCUT2D eigenvalue weighted by Gasteiger charge is -2.49. The van der Waals surface area contributed by atoms with Crippen molar-refractivity contribution in [2.24, 2.45) is 59.2 Å². The number of rotatable bonds is 0. The lowest BCUT2D eigenvalue weighted by molar-refractivity contribution is 0.0197. The Bertz CT molecular complexity index is 747. The molecule has 0 saturated heterocycles. The van der Waals surface area contributed by atoms with Crippen LogP contribution in [0.1, 0.15) is 289 Å². The van der Waals surface area contributed by atoms with Gasteiger partial charge < -0.3 is 0 Å². The van der Waals surface area contributed by atoms with Crippen LogP contribution in [0.2, 0.25) is 0 Å². The van der Waals surface area contributed by atoms with E-state index in [-0.39, 0.29) is 0 Å². The molecular formula is C55H100. The Morgan fingerprint density at radius 2 is 0.218 bits per heavy atom. The van der Waals surface area contributed by atoms with E-state index in [2.05, 4.69) is 0 Å². The average Bonchev–Trinajstić information content (AvgIpc) is 3.68. The first kappa shape index (κ1) is 44.5. The van der Waals surface area contributed by atoms with Crippen LogP contribution in [0.4, 0.5) is 0 Å². The molecule has 0 aromatic heterocycles. The zero-order valence-electron chi connectivity index (χ0n) is 37.6. The fourth-order valence-corrected chi connectivity index (χ4v) is 13.1. The largest absolute Gasteiger partial charge is 0.0533 e. The lowest BCUT2D eigenvalue weighted by atomic mass is 9.56. The van der Waals surface area contributed by atoms with Crippen LogP contribution in [0.25, 0.3) is 0 Å². The maximum absolute atomic E-state index is 1.60. The van der Waals surface area contributed by atoms with E-state index in [1.54, 1.807) is 128 Å². The summed E-state index contributed by atoms with van der Waals surface area (Å²) < 4.78 is 0. The van der Waals surface area contributed by atoms with Crippen molar-refractivity contribution in [3.05, 3.63) is 0 Å². The summed E-state index contributed by atoms with van der Waals surface area (Å²) in [5.41, 5.74) is 0. The van der Waals surface area contributed by atoms with Crippen LogP contribution in [0.15, 0.2) is 0 Å². The molecule has 0 aliphatic heterocycles. The van der Waals surface area contributed by atoms with Gasteiger partial charge in [0.1, 0.15) is 0 Å². The van der Waals surface area contributed by atoms with E-state index in [0.717, 1.165) is 11.8 Å². The van der Waals surface area contributed by atoms with Gasteiger partial charge in [-0.2, -0.15) is 0 Å². The van der Waals surface area contributed by atoms with Gasteiger partial charge in [0.2, 0.25) is 0 Å². The minimum atomic E-state index is 1.15. The number of fused-ring (bicyclic) bond motifs is 5. The van der Waals surface area contributed by atoms with Crippen molar-refractivity contribution < 1.29 is 0 Å². The van der Waals surface area contributed by atoms with E-state index in [0.29, 0.717) is 0 Å². The van der Waals surface area contributed by atoms with Crippen LogP contribution in [0.5, 0.6) is 0 Å². The van der Waals surface area contributed by atoms with Crippen molar-refractivity contribution in [2.75, 3.05) is 0 Å². The maximum atomic E-state index is 1.60. The van der Waals surface area contributed by atoms with Gasteiger partial charge in [-0.25, -0.2) is 0 Å². The predicted octanol–water partition coefficient (Wildman–Crippen LogP) is 18.8. The second-order valence-electron chi connectivity index (χ2n) is 22.7. The third-order valence-electron chi connectivity index (χ3n) is 17.4. The summed E-state index contributed by atoms with van der Waals surface area (Å²) in [6.07, 6.45) is 69.1. The van der Waals surface area contributed by atoms with Crippen molar-refractivity contribution in [2.45, 2.75) is 289 Å². The fourth-order valence-electron chi connectivity index (χ4n) is 13.1. The first-order valence-corrected chi connectivity index (χ1v) is 27.2. The maximum Gasteiger partial charge on any atom is -0.0406 e. The van der Waals surface area contributed by atoms with Gasteiger partial charge in [-0.05, 0) is 123 Å². The standard InChI is InChI=1S/C10H16.C8H14.C7H12.C7H14.C6H12.C5H8.C5H10.C4H8.C3H6/c1-7-2-9-4-8(1)5-10(3-7)6-9;1-2-8-5-3-7(1)4-6-8;1-2-7-4-3-6(1)5-7;1-2-4-6-7-5-3-1;1-2-4-6-5-3-1;1-4-2-5(1)3-4;1-2-4-5-3-1;1-2-4-3-1;1-2-3-1/h7-10H,1-6H2;7-8H,1-6H2;6-7H,1-5H2;1-7H2;1-6H2;4-5H,1-3H2;1-5H2;1-4H2;1-3H2. The SMILES string of the molecule is C1C2CC1C2.C1C2CC3CC1CC(C2)C3.C1CC1.C1CC2CCC1C2.C1CC2CCC1CC2.C1CCC1.C1CCCC1.C1CCCCC1.C1CCCCCC1. The van der Waals surface area contributed by atoms with Gasteiger partial charge in [0, 0.05) is 0 Å². The highest BCUT2D eigenvalue weighted by Crippen LogP contribution is 2.54. The van der Waals surface area contributed by atoms with Crippen molar-refractivity contribution in [1.29, 1.82) is 0 Å². The molecule has 0 spiro atoms. The van der Waals surface area contributed by atoms with Gasteiger partial charge in [-0.15, -0.1) is 0 Å². The van der Waals surface area contributed by atoms with Crippen LogP contribution in [-0.4, -0.2) is 0 Å². The summed E-state index contributed by atoms with van der Waals surface area (Å²) in [6.45, 7) is 0. The summed E-state index contributed by atoms with van der Waals surface area (Å²) in [6, 6.07) is 0. The molecule has 0 heterocycles. The third kappa shape index (κ3) is 18.9. The molecule has 0 heteroatoms. The normalized spacial score (nSPS) is 39.3. The Morgan fingerprint density at radius 1 is 0.109 bits per heavy atom. The van der Waals surface area contributed by atoms with Crippen molar-refractivity contribution in [3.8, 4) is 0 Å². The van der Waals surface area contributed by atoms with Crippen LogP contribution in [0, 0.1) is 59.2 Å². The molecule has 17 aliphatic carbocycles. The predicted molar refractivity (Wildman–Crippen MR) is 243 cm³/mol. The van der Waals surface area contributed by atoms with Crippen molar-refractivity contribution in [3.63, 3.8) is 0 Å². The average molecular weight is 761 g/mol. The Hall–Kier alpha value is 0. The second kappa shape index (κ2) is 27.0. The molecule has 17 saturated carbocycles. The van der Waals surface area contributed by atoms with Gasteiger partial charge in [-0.1, -0.05) is 225 Å². The smallest absolute Gasteiger partial charge is 0.0406 e. The first-order valence-electron chi connectivity index (χ1n) is 27.2. The third-order valence-corrected chi connectivity index (χ3v) is 17.4. The van der Waals surface area contributed by atoms with Crippen molar-refractivity contribution in [1.82, 2.24) is 0 Å². The second-order valence-corrected chi connectivity index (χ2v) is 22.7. The zero-order valence-corrected chi connectivity index (χ0v) is 37.6. The minimum Gasteiger partial charge on any atom is -0.0533 e. The molecule has 0 atom stereocenters. The quantitative estimate of drug-likeness (QED) is 0.216. The molecule has 10 bridgehead atoms. The molecule has 55 heavy (non-hydrogen) atoms. The molecule has 0 unspecified atom stereocenters. The summed E-state index contributed by atoms with van der Waals surface area (Å²) >= 11 is 0. The Labute approximate surface area is 346 Å². The van der Waals surface area contributed by atoms with E-state index in [1.807, 2.05) is 0 Å². The molecule has 320 valence electrons. The van der Waals surface area contributed by atoms with Gasteiger partial charge in [0.15, 0.2) is 0 Å². The molecule has 17 rings (SSSR count). The van der Waals surface area contributed by atoms with E-state index in [4.69, 9.17) is 0 Å². The van der Waals surface area contributed by atoms with Crippen LogP contribution < -0.4 is 0 Å². The Morgan fingerprint density at radius 3 is 0.309 bits per heavy atom. The zero-order chi connectivity index (χ0) is 37.6. The summed E-state index contributed by atoms with van der Waals surface area (Å²) in [4.78, 5) is 0. The Balaban J connectivity index is 0.000000107. The molecule has 0 aromatic carbocycles. The number of hydrogen-bond donors (Lipinski definition) is 0. The number of hydrogen-bond acceptors (Lipinski definition) is 0. The van der Waals surface area contributed by atoms with Gasteiger partial charge in [0.05, 0.1) is 0 Å². The molecule has 0 nitrogen and oxygen atoms in total. The van der Waals surface area contributed by atoms with Crippen LogP contribution in [0.3, 0.4) is 0 Å².